The van der Waals surface area contributed by atoms with Crippen molar-refractivity contribution in [2.75, 3.05) is 0 Å². The van der Waals surface area contributed by atoms with Crippen LogP contribution >= 0.6 is 0 Å². The van der Waals surface area contributed by atoms with Crippen LogP contribution in [0.15, 0.2) is 12.1 Å². The summed E-state index contributed by atoms with van der Waals surface area (Å²) in [5.41, 5.74) is -0.523. The van der Waals surface area contributed by atoms with Crippen molar-refractivity contribution in [3.63, 3.8) is 0 Å². The van der Waals surface area contributed by atoms with E-state index in [1.807, 2.05) is 0 Å². The second-order valence-electron chi connectivity index (χ2n) is 1.95. The van der Waals surface area contributed by atoms with Gasteiger partial charge in [0.05, 0.1) is 5.56 Å². The lowest BCUT2D eigenvalue weighted by Gasteiger charge is -1.99. The molecule has 1 aromatic carbocycles. The van der Waals surface area contributed by atoms with Crippen LogP contribution in [0, 0.1) is 5.82 Å². The van der Waals surface area contributed by atoms with Gasteiger partial charge in [-0.15, -0.1) is 0 Å². The van der Waals surface area contributed by atoms with Gasteiger partial charge in [0, 0.05) is 0 Å². The quantitative estimate of drug-likeness (QED) is 0.472. The maximum absolute atomic E-state index is 12.5. The first-order chi connectivity index (χ1) is 5.16. The standard InChI is InChI=1S/C7H5FO3/c8-5-1-2-6(10)7(11)4(5)3-9/h1-3,10-11H. The first-order valence-electron chi connectivity index (χ1n) is 2.82. The van der Waals surface area contributed by atoms with E-state index < -0.39 is 22.9 Å². The van der Waals surface area contributed by atoms with Gasteiger partial charge < -0.3 is 10.2 Å². The summed E-state index contributed by atoms with van der Waals surface area (Å²) in [6.07, 6.45) is 0.143. The zero-order chi connectivity index (χ0) is 8.43. The Balaban J connectivity index is 3.40. The fourth-order valence-corrected chi connectivity index (χ4v) is 0.684. The second kappa shape index (κ2) is 2.57. The van der Waals surface area contributed by atoms with E-state index in [2.05, 4.69) is 0 Å². The maximum Gasteiger partial charge on any atom is 0.171 e. The molecule has 0 aliphatic rings. The molecule has 1 rings (SSSR count). The number of aromatic hydroxyl groups is 2. The van der Waals surface area contributed by atoms with E-state index in [1.165, 1.54) is 0 Å². The second-order valence-corrected chi connectivity index (χ2v) is 1.95. The molecule has 3 nitrogen and oxygen atoms in total. The number of phenolic OH excluding ortho intramolecular Hbond substituents is 2. The Labute approximate surface area is 61.7 Å². The van der Waals surface area contributed by atoms with Crippen molar-refractivity contribution >= 4 is 6.29 Å². The van der Waals surface area contributed by atoms with E-state index in [1.54, 1.807) is 0 Å². The first kappa shape index (κ1) is 7.53. The third-order valence-corrected chi connectivity index (χ3v) is 1.26. The van der Waals surface area contributed by atoms with Crippen molar-refractivity contribution in [2.45, 2.75) is 0 Å². The summed E-state index contributed by atoms with van der Waals surface area (Å²) < 4.78 is 12.5. The third kappa shape index (κ3) is 1.14. The number of hydrogen-bond donors (Lipinski definition) is 2. The Morgan fingerprint density at radius 1 is 1.36 bits per heavy atom. The molecule has 0 heterocycles. The number of carbonyl (C=O) groups is 1. The molecule has 0 bridgehead atoms. The monoisotopic (exact) mass is 156 g/mol. The van der Waals surface area contributed by atoms with Gasteiger partial charge in [0.15, 0.2) is 17.8 Å². The molecule has 2 N–H and O–H groups in total. The van der Waals surface area contributed by atoms with Crippen LogP contribution in [0.5, 0.6) is 11.5 Å². The lowest BCUT2D eigenvalue weighted by molar-refractivity contribution is 0.111. The molecule has 0 amide bonds. The average molecular weight is 156 g/mol. The van der Waals surface area contributed by atoms with Gasteiger partial charge in [0.1, 0.15) is 5.82 Å². The molecule has 58 valence electrons. The van der Waals surface area contributed by atoms with Gasteiger partial charge >= 0.3 is 0 Å². The van der Waals surface area contributed by atoms with Crippen molar-refractivity contribution in [3.8, 4) is 11.5 Å². The van der Waals surface area contributed by atoms with Crippen molar-refractivity contribution in [1.29, 1.82) is 0 Å². The topological polar surface area (TPSA) is 57.5 Å². The summed E-state index contributed by atoms with van der Waals surface area (Å²) in [4.78, 5) is 10.1. The molecule has 0 atom stereocenters. The molecule has 4 heteroatoms. The molecule has 0 radical (unpaired) electrons. The summed E-state index contributed by atoms with van der Waals surface area (Å²) in [6.45, 7) is 0. The van der Waals surface area contributed by atoms with E-state index in [0.717, 1.165) is 12.1 Å². The third-order valence-electron chi connectivity index (χ3n) is 1.26. The number of aldehydes is 1. The average Bonchev–Trinajstić information content (AvgIpc) is 1.99. The highest BCUT2D eigenvalue weighted by atomic mass is 19.1. The van der Waals surface area contributed by atoms with Crippen LogP contribution < -0.4 is 0 Å². The van der Waals surface area contributed by atoms with E-state index in [0.29, 0.717) is 0 Å². The molecule has 0 unspecified atom stereocenters. The van der Waals surface area contributed by atoms with E-state index in [9.17, 15) is 9.18 Å². The molecule has 1 aromatic rings. The molecule has 0 saturated heterocycles. The van der Waals surface area contributed by atoms with Crippen LogP contribution in [0.4, 0.5) is 4.39 Å². The van der Waals surface area contributed by atoms with Gasteiger partial charge in [0.2, 0.25) is 0 Å². The minimum atomic E-state index is -0.852. The van der Waals surface area contributed by atoms with Crippen LogP contribution in [0.3, 0.4) is 0 Å². The van der Waals surface area contributed by atoms with Gasteiger partial charge in [-0.2, -0.15) is 0 Å². The number of carbonyl (C=O) groups excluding carboxylic acids is 1. The molecule has 0 aromatic heterocycles. The maximum atomic E-state index is 12.5. The van der Waals surface area contributed by atoms with Gasteiger partial charge in [-0.25, -0.2) is 4.39 Å². The smallest absolute Gasteiger partial charge is 0.171 e. The summed E-state index contributed by atoms with van der Waals surface area (Å²) >= 11 is 0. The van der Waals surface area contributed by atoms with Crippen LogP contribution in [0.2, 0.25) is 0 Å². The lowest BCUT2D eigenvalue weighted by Crippen LogP contribution is -1.87. The van der Waals surface area contributed by atoms with Crippen LogP contribution in [-0.2, 0) is 0 Å². The zero-order valence-electron chi connectivity index (χ0n) is 5.41. The molecule has 0 aliphatic heterocycles. The fourth-order valence-electron chi connectivity index (χ4n) is 0.684. The summed E-state index contributed by atoms with van der Waals surface area (Å²) in [5, 5.41) is 17.6. The largest absolute Gasteiger partial charge is 0.504 e. The highest BCUT2D eigenvalue weighted by molar-refractivity contribution is 5.81. The van der Waals surface area contributed by atoms with Gasteiger partial charge in [0.25, 0.3) is 0 Å². The summed E-state index contributed by atoms with van der Waals surface area (Å²) in [6, 6.07) is 1.87. The number of benzene rings is 1. The SMILES string of the molecule is O=Cc1c(F)ccc(O)c1O. The van der Waals surface area contributed by atoms with Crippen molar-refractivity contribution < 1.29 is 19.4 Å². The minimum absolute atomic E-state index is 0.143. The number of halogens is 1. The fraction of sp³-hybridized carbons (Fsp3) is 0. The van der Waals surface area contributed by atoms with E-state index in [4.69, 9.17) is 10.2 Å². The Morgan fingerprint density at radius 2 is 2.00 bits per heavy atom. The predicted octanol–water partition coefficient (Wildman–Crippen LogP) is 1.05. The van der Waals surface area contributed by atoms with E-state index in [-0.39, 0.29) is 6.29 Å². The van der Waals surface area contributed by atoms with Gasteiger partial charge in [-0.1, -0.05) is 0 Å². The Bertz CT molecular complexity index is 296. The van der Waals surface area contributed by atoms with Crippen LogP contribution in [-0.4, -0.2) is 16.5 Å². The van der Waals surface area contributed by atoms with Gasteiger partial charge in [-0.3, -0.25) is 4.79 Å². The van der Waals surface area contributed by atoms with Crippen LogP contribution in [0.1, 0.15) is 10.4 Å². The summed E-state index contributed by atoms with van der Waals surface area (Å²) in [5.74, 6) is -2.08. The predicted molar refractivity (Wildman–Crippen MR) is 35.1 cm³/mol. The Kier molecular flexibility index (Phi) is 1.76. The molecular weight excluding hydrogens is 151 g/mol. The first-order valence-corrected chi connectivity index (χ1v) is 2.82. The molecule has 0 aliphatic carbocycles. The highest BCUT2D eigenvalue weighted by Gasteiger charge is 2.10. The number of hydrogen-bond acceptors (Lipinski definition) is 3. The van der Waals surface area contributed by atoms with E-state index >= 15 is 0 Å². The molecule has 11 heavy (non-hydrogen) atoms. The normalized spacial score (nSPS) is 9.55. The van der Waals surface area contributed by atoms with Crippen molar-refractivity contribution in [2.24, 2.45) is 0 Å². The van der Waals surface area contributed by atoms with Crippen molar-refractivity contribution in [3.05, 3.63) is 23.5 Å². The number of rotatable bonds is 1. The molecule has 0 saturated carbocycles. The lowest BCUT2D eigenvalue weighted by atomic mass is 10.2. The van der Waals surface area contributed by atoms with Crippen molar-refractivity contribution in [1.82, 2.24) is 0 Å². The van der Waals surface area contributed by atoms with Gasteiger partial charge in [-0.05, 0) is 12.1 Å². The Morgan fingerprint density at radius 3 is 2.45 bits per heavy atom. The summed E-state index contributed by atoms with van der Waals surface area (Å²) in [7, 11) is 0. The highest BCUT2D eigenvalue weighted by Crippen LogP contribution is 2.28. The number of phenols is 2. The Hall–Kier alpha value is -1.58. The molecule has 0 fully saturated rings. The zero-order valence-corrected chi connectivity index (χ0v) is 5.41. The van der Waals surface area contributed by atoms with Crippen LogP contribution in [0.25, 0.3) is 0 Å². The minimum Gasteiger partial charge on any atom is -0.504 e. The molecule has 0 spiro atoms. The molecular formula is C7H5FO3.